The van der Waals surface area contributed by atoms with Crippen molar-refractivity contribution >= 4 is 43.6 Å². The third kappa shape index (κ3) is 3.07. The fraction of sp³-hybridized carbons (Fsp3) is 0. The van der Waals surface area contributed by atoms with E-state index in [-0.39, 0.29) is 11.8 Å². The Labute approximate surface area is 114 Å². The van der Waals surface area contributed by atoms with E-state index < -0.39 is 0 Å². The molecule has 1 heterocycles. The first kappa shape index (κ1) is 12.1. The van der Waals surface area contributed by atoms with Gasteiger partial charge < -0.3 is 16.2 Å². The summed E-state index contributed by atoms with van der Waals surface area (Å²) in [5, 5.41) is 0. The highest BCUT2D eigenvalue weighted by atomic mass is 79.9. The van der Waals surface area contributed by atoms with Gasteiger partial charge in [0.05, 0.1) is 4.47 Å². The predicted octanol–water partition coefficient (Wildman–Crippen LogP) is 2.96. The third-order valence-electron chi connectivity index (χ3n) is 1.85. The summed E-state index contributed by atoms with van der Waals surface area (Å²) >= 11 is 6.73. The topological polar surface area (TPSA) is 87.0 Å². The highest BCUT2D eigenvalue weighted by Crippen LogP contribution is 2.31. The van der Waals surface area contributed by atoms with Gasteiger partial charge in [-0.3, -0.25) is 0 Å². The average Bonchev–Trinajstić information content (AvgIpc) is 2.21. The van der Waals surface area contributed by atoms with Crippen LogP contribution in [0.2, 0.25) is 0 Å². The molecule has 0 amide bonds. The fourth-order valence-corrected chi connectivity index (χ4v) is 2.31. The number of nitrogens with two attached hydrogens (primary N) is 2. The molecule has 4 N–H and O–H groups in total. The van der Waals surface area contributed by atoms with Gasteiger partial charge in [-0.25, -0.2) is 0 Å². The summed E-state index contributed by atoms with van der Waals surface area (Å²) in [6, 6.07) is 7.02. The minimum Gasteiger partial charge on any atom is -0.438 e. The summed E-state index contributed by atoms with van der Waals surface area (Å²) in [7, 11) is 0. The van der Waals surface area contributed by atoms with Gasteiger partial charge in [0, 0.05) is 10.5 Å². The lowest BCUT2D eigenvalue weighted by Gasteiger charge is -2.07. The van der Waals surface area contributed by atoms with Crippen molar-refractivity contribution in [3.05, 3.63) is 33.2 Å². The van der Waals surface area contributed by atoms with Gasteiger partial charge in [-0.1, -0.05) is 15.9 Å². The molecule has 1 aromatic carbocycles. The second kappa shape index (κ2) is 4.89. The molecule has 0 bridgehead atoms. The number of anilines is 2. The highest BCUT2D eigenvalue weighted by Gasteiger charge is 2.06. The molecule has 0 aliphatic carbocycles. The molecular weight excluding hydrogens is 352 g/mol. The number of halogens is 2. The van der Waals surface area contributed by atoms with Crippen molar-refractivity contribution in [3.8, 4) is 11.6 Å². The number of rotatable bonds is 2. The average molecular weight is 360 g/mol. The quantitative estimate of drug-likeness (QED) is 0.860. The molecule has 17 heavy (non-hydrogen) atoms. The number of ether oxygens (including phenoxy) is 1. The van der Waals surface area contributed by atoms with Crippen LogP contribution in [0.25, 0.3) is 0 Å². The van der Waals surface area contributed by atoms with Gasteiger partial charge in [0.2, 0.25) is 11.8 Å². The van der Waals surface area contributed by atoms with Gasteiger partial charge in [0.15, 0.2) is 0 Å². The van der Waals surface area contributed by atoms with E-state index >= 15 is 0 Å². The van der Waals surface area contributed by atoms with Crippen LogP contribution < -0.4 is 16.2 Å². The number of nitrogen functional groups attached to an aromatic ring is 2. The lowest BCUT2D eigenvalue weighted by Crippen LogP contribution is -2.00. The van der Waals surface area contributed by atoms with E-state index in [1.54, 1.807) is 6.07 Å². The van der Waals surface area contributed by atoms with E-state index in [1.807, 2.05) is 12.1 Å². The van der Waals surface area contributed by atoms with Crippen molar-refractivity contribution in [2.45, 2.75) is 0 Å². The Kier molecular flexibility index (Phi) is 3.49. The number of nitrogens with zero attached hydrogens (tertiary/aromatic N) is 2. The summed E-state index contributed by atoms with van der Waals surface area (Å²) in [5.74, 6) is 1.26. The first-order valence-electron chi connectivity index (χ1n) is 4.57. The zero-order valence-corrected chi connectivity index (χ0v) is 11.7. The molecule has 2 aromatic rings. The maximum atomic E-state index is 5.55. The summed E-state index contributed by atoms with van der Waals surface area (Å²) < 4.78 is 7.28. The van der Waals surface area contributed by atoms with Crippen LogP contribution in [-0.2, 0) is 0 Å². The normalized spacial score (nSPS) is 10.2. The van der Waals surface area contributed by atoms with Crippen LogP contribution in [-0.4, -0.2) is 9.97 Å². The molecule has 0 saturated carbocycles. The Balaban J connectivity index is 2.31. The lowest BCUT2D eigenvalue weighted by atomic mass is 10.3. The molecule has 0 aliphatic heterocycles. The number of aromatic nitrogens is 2. The summed E-state index contributed by atoms with van der Waals surface area (Å²) in [5.41, 5.74) is 11.0. The van der Waals surface area contributed by atoms with Gasteiger partial charge in [0.25, 0.3) is 0 Å². The number of benzene rings is 1. The molecule has 0 atom stereocenters. The van der Waals surface area contributed by atoms with E-state index in [4.69, 9.17) is 16.2 Å². The maximum Gasteiger partial charge on any atom is 0.226 e. The number of hydrogen-bond acceptors (Lipinski definition) is 5. The molecule has 0 unspecified atom stereocenters. The Bertz CT molecular complexity index is 542. The van der Waals surface area contributed by atoms with E-state index in [0.717, 1.165) is 8.95 Å². The Morgan fingerprint density at radius 1 is 1.06 bits per heavy atom. The van der Waals surface area contributed by atoms with Crippen molar-refractivity contribution in [3.63, 3.8) is 0 Å². The van der Waals surface area contributed by atoms with Crippen molar-refractivity contribution in [2.75, 3.05) is 11.5 Å². The monoisotopic (exact) mass is 358 g/mol. The van der Waals surface area contributed by atoms with E-state index in [1.165, 1.54) is 6.07 Å². The fourth-order valence-electron chi connectivity index (χ4n) is 1.18. The lowest BCUT2D eigenvalue weighted by molar-refractivity contribution is 0.460. The van der Waals surface area contributed by atoms with Crippen LogP contribution in [0.4, 0.5) is 11.8 Å². The van der Waals surface area contributed by atoms with E-state index in [9.17, 15) is 0 Å². The van der Waals surface area contributed by atoms with Crippen LogP contribution in [0.15, 0.2) is 33.2 Å². The Hall–Kier alpha value is -1.34. The van der Waals surface area contributed by atoms with Crippen LogP contribution in [0.5, 0.6) is 11.6 Å². The third-order valence-corrected chi connectivity index (χ3v) is 2.96. The number of hydrogen-bond donors (Lipinski definition) is 2. The van der Waals surface area contributed by atoms with Gasteiger partial charge >= 0.3 is 0 Å². The van der Waals surface area contributed by atoms with Gasteiger partial charge in [0.1, 0.15) is 11.6 Å². The molecule has 0 spiro atoms. The predicted molar refractivity (Wildman–Crippen MR) is 72.8 cm³/mol. The first-order chi connectivity index (χ1) is 8.04. The van der Waals surface area contributed by atoms with Crippen molar-refractivity contribution in [2.24, 2.45) is 0 Å². The molecule has 88 valence electrons. The zero-order chi connectivity index (χ0) is 12.4. The summed E-state index contributed by atoms with van der Waals surface area (Å²) in [6.07, 6.45) is 0. The Morgan fingerprint density at radius 2 is 1.82 bits per heavy atom. The van der Waals surface area contributed by atoms with Crippen LogP contribution >= 0.6 is 31.9 Å². The van der Waals surface area contributed by atoms with Crippen molar-refractivity contribution < 1.29 is 4.74 Å². The van der Waals surface area contributed by atoms with Crippen LogP contribution in [0, 0.1) is 0 Å². The minimum atomic E-state index is 0.0771. The molecule has 5 nitrogen and oxygen atoms in total. The second-order valence-corrected chi connectivity index (χ2v) is 4.94. The zero-order valence-electron chi connectivity index (χ0n) is 8.52. The molecule has 0 saturated heterocycles. The van der Waals surface area contributed by atoms with E-state index in [0.29, 0.717) is 11.6 Å². The smallest absolute Gasteiger partial charge is 0.226 e. The molecule has 0 radical (unpaired) electrons. The largest absolute Gasteiger partial charge is 0.438 e. The molecule has 0 fully saturated rings. The highest BCUT2D eigenvalue weighted by molar-refractivity contribution is 9.11. The molecule has 1 aromatic heterocycles. The van der Waals surface area contributed by atoms with Gasteiger partial charge in [-0.15, -0.1) is 0 Å². The molecule has 7 heteroatoms. The van der Waals surface area contributed by atoms with Crippen LogP contribution in [0.1, 0.15) is 0 Å². The minimum absolute atomic E-state index is 0.0771. The summed E-state index contributed by atoms with van der Waals surface area (Å²) in [6.45, 7) is 0. The van der Waals surface area contributed by atoms with Crippen LogP contribution in [0.3, 0.4) is 0 Å². The SMILES string of the molecule is Nc1cc(Oc2ccc(Br)cc2Br)nc(N)n1. The van der Waals surface area contributed by atoms with Gasteiger partial charge in [-0.2, -0.15) is 9.97 Å². The maximum absolute atomic E-state index is 5.55. The molecule has 0 aliphatic rings. The summed E-state index contributed by atoms with van der Waals surface area (Å²) in [4.78, 5) is 7.68. The molecule has 2 rings (SSSR count). The van der Waals surface area contributed by atoms with Gasteiger partial charge in [-0.05, 0) is 34.1 Å². The molecular formula is C10H8Br2N4O. The first-order valence-corrected chi connectivity index (χ1v) is 6.16. The second-order valence-electron chi connectivity index (χ2n) is 3.17. The van der Waals surface area contributed by atoms with E-state index in [2.05, 4.69) is 41.8 Å². The van der Waals surface area contributed by atoms with Crippen molar-refractivity contribution in [1.29, 1.82) is 0 Å². The Morgan fingerprint density at radius 3 is 2.47 bits per heavy atom. The standard InChI is InChI=1S/C10H8Br2N4O/c11-5-1-2-7(6(12)3-5)17-9-4-8(13)15-10(14)16-9/h1-4H,(H4,13,14,15,16). The van der Waals surface area contributed by atoms with Crippen molar-refractivity contribution in [1.82, 2.24) is 9.97 Å².